The average Bonchev–Trinajstić information content (AvgIpc) is 3.29. The highest BCUT2D eigenvalue weighted by Crippen LogP contribution is 2.39. The van der Waals surface area contributed by atoms with Crippen molar-refractivity contribution in [3.05, 3.63) is 89.0 Å². The zero-order valence-electron chi connectivity index (χ0n) is 16.8. The van der Waals surface area contributed by atoms with Gasteiger partial charge in [-0.05, 0) is 24.3 Å². The van der Waals surface area contributed by atoms with Gasteiger partial charge >= 0.3 is 0 Å². The zero-order valence-corrected chi connectivity index (χ0v) is 17.6. The number of methoxy groups -OCH3 is 2. The van der Waals surface area contributed by atoms with Gasteiger partial charge in [0.05, 0.1) is 24.9 Å². The highest BCUT2D eigenvalue weighted by atomic mass is 35.5. The number of hydrogen-bond donors (Lipinski definition) is 1. The maximum atomic E-state index is 14.7. The Morgan fingerprint density at radius 2 is 1.65 bits per heavy atom. The third-order valence-electron chi connectivity index (χ3n) is 4.70. The molecule has 0 spiro atoms. The third-order valence-corrected chi connectivity index (χ3v) is 4.99. The maximum Gasteiger partial charge on any atom is 0.247 e. The first kappa shape index (κ1) is 20.7. The van der Waals surface area contributed by atoms with E-state index in [0.29, 0.717) is 33.7 Å². The first-order chi connectivity index (χ1) is 15.1. The molecule has 4 rings (SSSR count). The van der Waals surface area contributed by atoms with Gasteiger partial charge in [0.15, 0.2) is 0 Å². The predicted octanol–water partition coefficient (Wildman–Crippen LogP) is 5.75. The normalized spacial score (nSPS) is 11.7. The number of nitrogens with one attached hydrogen (secondary N) is 1. The molecule has 31 heavy (non-hydrogen) atoms. The molecular formula is C23H19ClFN3O3. The molecule has 0 radical (unpaired) electrons. The fourth-order valence-corrected chi connectivity index (χ4v) is 3.40. The van der Waals surface area contributed by atoms with Crippen LogP contribution in [-0.2, 0) is 0 Å². The number of halogens is 2. The van der Waals surface area contributed by atoms with Crippen LogP contribution in [0.15, 0.2) is 71.1 Å². The fourth-order valence-electron chi connectivity index (χ4n) is 3.16. The molecule has 1 aromatic heterocycles. The summed E-state index contributed by atoms with van der Waals surface area (Å²) in [5, 5.41) is 11.9. The molecule has 1 heterocycles. The molecule has 6 nitrogen and oxygen atoms in total. The summed E-state index contributed by atoms with van der Waals surface area (Å²) in [6.45, 7) is 0. The number of nitrogens with zero attached hydrogens (tertiary/aromatic N) is 2. The second-order valence-electron chi connectivity index (χ2n) is 6.60. The standard InChI is InChI=1S/C23H19ClFN3O3/c1-29-19-13-20(30-2)18(12-16(19)24)26-21(15-10-6-7-11-17(15)25)23-28-27-22(31-23)14-8-4-3-5-9-14/h3-13,21,26H,1-2H3/t21-/m1/s1. The molecule has 3 aromatic carbocycles. The van der Waals surface area contributed by atoms with E-state index in [1.165, 1.54) is 20.3 Å². The Morgan fingerprint density at radius 1 is 0.935 bits per heavy atom. The summed E-state index contributed by atoms with van der Waals surface area (Å²) in [6.07, 6.45) is 0. The minimum absolute atomic E-state index is 0.193. The molecule has 0 aliphatic carbocycles. The van der Waals surface area contributed by atoms with Crippen molar-refractivity contribution < 1.29 is 18.3 Å². The van der Waals surface area contributed by atoms with Crippen LogP contribution in [0.3, 0.4) is 0 Å². The number of rotatable bonds is 7. The highest BCUT2D eigenvalue weighted by molar-refractivity contribution is 6.32. The van der Waals surface area contributed by atoms with Gasteiger partial charge in [0.25, 0.3) is 0 Å². The largest absolute Gasteiger partial charge is 0.495 e. The number of hydrogen-bond acceptors (Lipinski definition) is 6. The Hall–Kier alpha value is -3.58. The lowest BCUT2D eigenvalue weighted by molar-refractivity contribution is 0.395. The molecule has 8 heteroatoms. The van der Waals surface area contributed by atoms with E-state index in [0.717, 1.165) is 5.56 Å². The van der Waals surface area contributed by atoms with Crippen LogP contribution < -0.4 is 14.8 Å². The van der Waals surface area contributed by atoms with Gasteiger partial charge in [0, 0.05) is 17.2 Å². The Balaban J connectivity index is 1.78. The van der Waals surface area contributed by atoms with Gasteiger partial charge in [-0.1, -0.05) is 48.0 Å². The van der Waals surface area contributed by atoms with Crippen molar-refractivity contribution in [1.82, 2.24) is 10.2 Å². The van der Waals surface area contributed by atoms with E-state index in [4.69, 9.17) is 25.5 Å². The van der Waals surface area contributed by atoms with Gasteiger partial charge in [0.1, 0.15) is 23.4 Å². The molecule has 0 amide bonds. The van der Waals surface area contributed by atoms with Crippen molar-refractivity contribution >= 4 is 17.3 Å². The second kappa shape index (κ2) is 9.06. The second-order valence-corrected chi connectivity index (χ2v) is 7.00. The van der Waals surface area contributed by atoms with Crippen molar-refractivity contribution in [1.29, 1.82) is 0 Å². The van der Waals surface area contributed by atoms with E-state index in [1.54, 1.807) is 30.3 Å². The van der Waals surface area contributed by atoms with Gasteiger partial charge < -0.3 is 19.2 Å². The van der Waals surface area contributed by atoms with E-state index in [-0.39, 0.29) is 5.89 Å². The monoisotopic (exact) mass is 439 g/mol. The molecule has 158 valence electrons. The van der Waals surface area contributed by atoms with E-state index in [1.807, 2.05) is 30.3 Å². The fraction of sp³-hybridized carbons (Fsp3) is 0.130. The first-order valence-corrected chi connectivity index (χ1v) is 9.79. The van der Waals surface area contributed by atoms with Crippen molar-refractivity contribution in [3.8, 4) is 23.0 Å². The van der Waals surface area contributed by atoms with E-state index in [9.17, 15) is 4.39 Å². The van der Waals surface area contributed by atoms with Gasteiger partial charge in [-0.15, -0.1) is 10.2 Å². The van der Waals surface area contributed by atoms with Gasteiger partial charge in [0.2, 0.25) is 11.8 Å². The van der Waals surface area contributed by atoms with E-state index >= 15 is 0 Å². The lowest BCUT2D eigenvalue weighted by Gasteiger charge is -2.20. The molecule has 0 aliphatic heterocycles. The Labute approximate surface area is 183 Å². The molecule has 0 aliphatic rings. The Morgan fingerprint density at radius 3 is 2.35 bits per heavy atom. The average molecular weight is 440 g/mol. The maximum absolute atomic E-state index is 14.7. The van der Waals surface area contributed by atoms with Crippen molar-refractivity contribution in [2.24, 2.45) is 0 Å². The smallest absolute Gasteiger partial charge is 0.247 e. The lowest BCUT2D eigenvalue weighted by Crippen LogP contribution is -2.15. The van der Waals surface area contributed by atoms with Gasteiger partial charge in [-0.3, -0.25) is 0 Å². The van der Waals surface area contributed by atoms with Crippen LogP contribution in [0.1, 0.15) is 17.5 Å². The molecule has 0 saturated heterocycles. The van der Waals surface area contributed by atoms with Crippen LogP contribution in [0.4, 0.5) is 10.1 Å². The molecule has 0 unspecified atom stereocenters. The van der Waals surface area contributed by atoms with Gasteiger partial charge in [-0.25, -0.2) is 4.39 Å². The summed E-state index contributed by atoms with van der Waals surface area (Å²) in [5.41, 5.74) is 1.61. The van der Waals surface area contributed by atoms with Crippen LogP contribution >= 0.6 is 11.6 Å². The van der Waals surface area contributed by atoms with Crippen molar-refractivity contribution in [2.75, 3.05) is 19.5 Å². The molecule has 4 aromatic rings. The highest BCUT2D eigenvalue weighted by Gasteiger charge is 2.26. The molecule has 1 N–H and O–H groups in total. The number of benzene rings is 3. The Bertz CT molecular complexity index is 1180. The number of aromatic nitrogens is 2. The zero-order chi connectivity index (χ0) is 21.8. The summed E-state index contributed by atoms with van der Waals surface area (Å²) in [6, 6.07) is 18.2. The summed E-state index contributed by atoms with van der Waals surface area (Å²) in [4.78, 5) is 0. The van der Waals surface area contributed by atoms with E-state index < -0.39 is 11.9 Å². The molecule has 0 fully saturated rings. The molecular weight excluding hydrogens is 421 g/mol. The van der Waals surface area contributed by atoms with Crippen molar-refractivity contribution in [2.45, 2.75) is 6.04 Å². The number of ether oxygens (including phenoxy) is 2. The summed E-state index contributed by atoms with van der Waals surface area (Å²) in [7, 11) is 3.03. The third kappa shape index (κ3) is 4.32. The first-order valence-electron chi connectivity index (χ1n) is 9.42. The predicted molar refractivity (Wildman–Crippen MR) is 116 cm³/mol. The molecule has 1 atom stereocenters. The quantitative estimate of drug-likeness (QED) is 0.395. The van der Waals surface area contributed by atoms with Crippen LogP contribution in [0.25, 0.3) is 11.5 Å². The lowest BCUT2D eigenvalue weighted by atomic mass is 10.1. The SMILES string of the molecule is COc1cc(OC)c(N[C@@H](c2nnc(-c3ccccc3)o2)c2ccccc2F)cc1Cl. The van der Waals surface area contributed by atoms with Crippen LogP contribution in [0.2, 0.25) is 5.02 Å². The minimum atomic E-state index is -0.787. The van der Waals surface area contributed by atoms with Crippen LogP contribution in [0, 0.1) is 5.82 Å². The molecule has 0 bridgehead atoms. The molecule has 0 saturated carbocycles. The summed E-state index contributed by atoms with van der Waals surface area (Å²) < 4.78 is 31.3. The summed E-state index contributed by atoms with van der Waals surface area (Å²) in [5.74, 6) is 1.02. The van der Waals surface area contributed by atoms with Gasteiger partial charge in [-0.2, -0.15) is 0 Å². The van der Waals surface area contributed by atoms with Crippen LogP contribution in [-0.4, -0.2) is 24.4 Å². The topological polar surface area (TPSA) is 69.4 Å². The summed E-state index contributed by atoms with van der Waals surface area (Å²) >= 11 is 6.30. The Kier molecular flexibility index (Phi) is 6.04. The van der Waals surface area contributed by atoms with E-state index in [2.05, 4.69) is 15.5 Å². The number of anilines is 1. The van der Waals surface area contributed by atoms with Crippen molar-refractivity contribution in [3.63, 3.8) is 0 Å². The minimum Gasteiger partial charge on any atom is -0.495 e. The van der Waals surface area contributed by atoms with Crippen LogP contribution in [0.5, 0.6) is 11.5 Å².